The molecule has 6 heteroatoms. The highest BCUT2D eigenvalue weighted by Gasteiger charge is 2.19. The number of hydrogen-bond donors (Lipinski definition) is 3. The molecule has 1 rings (SSSR count). The second-order valence-corrected chi connectivity index (χ2v) is 4.57. The van der Waals surface area contributed by atoms with Gasteiger partial charge < -0.3 is 5.32 Å². The molecule has 2 atom stereocenters. The van der Waals surface area contributed by atoms with Crippen LogP contribution in [0, 0.1) is 0 Å². The number of hydrogen-bond acceptors (Lipinski definition) is 3. The maximum atomic E-state index is 10.6. The molecule has 1 aliphatic rings. The Morgan fingerprint density at radius 3 is 2.58 bits per heavy atom. The normalized spacial score (nSPS) is 31.8. The fourth-order valence-corrected chi connectivity index (χ4v) is 2.00. The number of nitrogens with one attached hydrogen (secondary N) is 2. The van der Waals surface area contributed by atoms with E-state index in [2.05, 4.69) is 17.0 Å². The van der Waals surface area contributed by atoms with E-state index in [0.29, 0.717) is 12.6 Å². The molecule has 12 heavy (non-hydrogen) atoms. The Morgan fingerprint density at radius 1 is 1.50 bits per heavy atom. The minimum atomic E-state index is -3.53. The van der Waals surface area contributed by atoms with Crippen LogP contribution in [0.1, 0.15) is 19.8 Å². The summed E-state index contributed by atoms with van der Waals surface area (Å²) in [5.74, 6) is 0. The van der Waals surface area contributed by atoms with Gasteiger partial charge in [0.05, 0.1) is 0 Å². The lowest BCUT2D eigenvalue weighted by molar-refractivity contribution is 0.366. The third-order valence-electron chi connectivity index (χ3n) is 1.99. The highest BCUT2D eigenvalue weighted by molar-refractivity contribution is 7.87. The van der Waals surface area contributed by atoms with E-state index >= 15 is 0 Å². The zero-order chi connectivity index (χ0) is 9.19. The Labute approximate surface area is 72.9 Å². The summed E-state index contributed by atoms with van der Waals surface area (Å²) in [7, 11) is -3.53. The van der Waals surface area contributed by atoms with Crippen LogP contribution in [0.2, 0.25) is 0 Å². The lowest BCUT2D eigenvalue weighted by Crippen LogP contribution is -2.50. The minimum absolute atomic E-state index is 0.0452. The van der Waals surface area contributed by atoms with E-state index in [1.54, 1.807) is 0 Å². The number of nitrogens with two attached hydrogens (primary N) is 1. The lowest BCUT2D eigenvalue weighted by atomic mass is 10.0. The summed E-state index contributed by atoms with van der Waals surface area (Å²) in [4.78, 5) is 0. The fourth-order valence-electron chi connectivity index (χ4n) is 1.33. The topological polar surface area (TPSA) is 84.2 Å². The van der Waals surface area contributed by atoms with Gasteiger partial charge in [0.25, 0.3) is 10.2 Å². The van der Waals surface area contributed by atoms with Crippen LogP contribution in [0.3, 0.4) is 0 Å². The third-order valence-corrected chi connectivity index (χ3v) is 2.65. The molecule has 0 aromatic rings. The van der Waals surface area contributed by atoms with E-state index in [4.69, 9.17) is 5.14 Å². The summed E-state index contributed by atoms with van der Waals surface area (Å²) in [6.45, 7) is 2.74. The molecule has 0 bridgehead atoms. The van der Waals surface area contributed by atoms with Gasteiger partial charge in [-0.25, -0.2) is 5.14 Å². The van der Waals surface area contributed by atoms with Gasteiger partial charge in [0.2, 0.25) is 0 Å². The van der Waals surface area contributed by atoms with E-state index < -0.39 is 10.2 Å². The molecule has 1 aliphatic heterocycles. The van der Waals surface area contributed by atoms with Crippen molar-refractivity contribution >= 4 is 10.2 Å². The Hall–Kier alpha value is -0.170. The molecule has 0 aliphatic carbocycles. The SMILES string of the molecule is CC1CCC(NS(N)(=O)=O)CN1. The zero-order valence-electron chi connectivity index (χ0n) is 7.08. The van der Waals surface area contributed by atoms with Crippen molar-refractivity contribution < 1.29 is 8.42 Å². The quantitative estimate of drug-likeness (QED) is 0.521. The van der Waals surface area contributed by atoms with Crippen LogP contribution in [-0.4, -0.2) is 27.0 Å². The molecule has 0 aromatic heterocycles. The van der Waals surface area contributed by atoms with Crippen molar-refractivity contribution in [1.29, 1.82) is 0 Å². The molecule has 0 radical (unpaired) electrons. The van der Waals surface area contributed by atoms with Gasteiger partial charge in [-0.2, -0.15) is 13.1 Å². The third kappa shape index (κ3) is 3.48. The Morgan fingerprint density at radius 2 is 2.17 bits per heavy atom. The first kappa shape index (κ1) is 9.91. The van der Waals surface area contributed by atoms with Crippen LogP contribution in [-0.2, 0) is 10.2 Å². The molecular formula is C6H15N3O2S. The summed E-state index contributed by atoms with van der Waals surface area (Å²) in [6.07, 6.45) is 1.83. The first-order valence-corrected chi connectivity index (χ1v) is 5.55. The molecule has 1 heterocycles. The van der Waals surface area contributed by atoms with Crippen LogP contribution in [0.4, 0.5) is 0 Å². The van der Waals surface area contributed by atoms with Crippen LogP contribution in [0.15, 0.2) is 0 Å². The largest absolute Gasteiger partial charge is 0.313 e. The van der Waals surface area contributed by atoms with E-state index in [9.17, 15) is 8.42 Å². The second-order valence-electron chi connectivity index (χ2n) is 3.25. The molecule has 2 unspecified atom stereocenters. The maximum Gasteiger partial charge on any atom is 0.274 e. The monoisotopic (exact) mass is 193 g/mol. The van der Waals surface area contributed by atoms with Gasteiger partial charge in [-0.3, -0.25) is 0 Å². The van der Waals surface area contributed by atoms with E-state index in [1.165, 1.54) is 0 Å². The van der Waals surface area contributed by atoms with Gasteiger partial charge in [0, 0.05) is 18.6 Å². The van der Waals surface area contributed by atoms with Crippen molar-refractivity contribution in [2.24, 2.45) is 5.14 Å². The molecule has 1 fully saturated rings. The van der Waals surface area contributed by atoms with Crippen molar-refractivity contribution in [2.75, 3.05) is 6.54 Å². The van der Waals surface area contributed by atoms with Crippen LogP contribution >= 0.6 is 0 Å². The van der Waals surface area contributed by atoms with Crippen molar-refractivity contribution in [2.45, 2.75) is 31.8 Å². The maximum absolute atomic E-state index is 10.6. The van der Waals surface area contributed by atoms with E-state index in [0.717, 1.165) is 12.8 Å². The van der Waals surface area contributed by atoms with Crippen molar-refractivity contribution in [1.82, 2.24) is 10.0 Å². The fraction of sp³-hybridized carbons (Fsp3) is 1.00. The molecule has 0 aromatic carbocycles. The standard InChI is InChI=1S/C6H15N3O2S/c1-5-2-3-6(4-8-5)9-12(7,10)11/h5-6,8-9H,2-4H2,1H3,(H2,7,10,11). The predicted molar refractivity (Wildman–Crippen MR) is 46.7 cm³/mol. The molecular weight excluding hydrogens is 178 g/mol. The average molecular weight is 193 g/mol. The van der Waals surface area contributed by atoms with Gasteiger partial charge >= 0.3 is 0 Å². The molecule has 5 nitrogen and oxygen atoms in total. The lowest BCUT2D eigenvalue weighted by Gasteiger charge is -2.27. The van der Waals surface area contributed by atoms with Gasteiger partial charge in [0.15, 0.2) is 0 Å². The Kier molecular flexibility index (Phi) is 3.05. The highest BCUT2D eigenvalue weighted by atomic mass is 32.2. The second kappa shape index (κ2) is 3.69. The zero-order valence-corrected chi connectivity index (χ0v) is 7.89. The summed E-state index contributed by atoms with van der Waals surface area (Å²) < 4.78 is 23.6. The van der Waals surface area contributed by atoms with Crippen LogP contribution < -0.4 is 15.2 Å². The molecule has 4 N–H and O–H groups in total. The molecule has 0 amide bonds. The number of piperidine rings is 1. The first-order chi connectivity index (χ1) is 5.47. The van der Waals surface area contributed by atoms with Gasteiger partial charge in [-0.05, 0) is 19.8 Å². The minimum Gasteiger partial charge on any atom is -0.313 e. The number of rotatable bonds is 2. The highest BCUT2D eigenvalue weighted by Crippen LogP contribution is 2.07. The van der Waals surface area contributed by atoms with Crippen molar-refractivity contribution in [3.63, 3.8) is 0 Å². The van der Waals surface area contributed by atoms with Gasteiger partial charge in [-0.1, -0.05) is 0 Å². The first-order valence-electron chi connectivity index (χ1n) is 4.01. The van der Waals surface area contributed by atoms with E-state index in [1.807, 2.05) is 0 Å². The van der Waals surface area contributed by atoms with Crippen molar-refractivity contribution in [3.05, 3.63) is 0 Å². The van der Waals surface area contributed by atoms with E-state index in [-0.39, 0.29) is 6.04 Å². The predicted octanol–water partition coefficient (Wildman–Crippen LogP) is -1.08. The van der Waals surface area contributed by atoms with Gasteiger partial charge in [0.1, 0.15) is 0 Å². The summed E-state index contributed by atoms with van der Waals surface area (Å²) in [5, 5.41) is 8.01. The Bertz CT molecular complexity index is 231. The summed E-state index contributed by atoms with van der Waals surface area (Å²) in [5.41, 5.74) is 0. The average Bonchev–Trinajstić information content (AvgIpc) is 1.91. The smallest absolute Gasteiger partial charge is 0.274 e. The molecule has 1 saturated heterocycles. The van der Waals surface area contributed by atoms with Crippen molar-refractivity contribution in [3.8, 4) is 0 Å². The van der Waals surface area contributed by atoms with Crippen LogP contribution in [0.25, 0.3) is 0 Å². The van der Waals surface area contributed by atoms with Crippen LogP contribution in [0.5, 0.6) is 0 Å². The Balaban J connectivity index is 2.36. The molecule has 72 valence electrons. The summed E-state index contributed by atoms with van der Waals surface area (Å²) >= 11 is 0. The summed E-state index contributed by atoms with van der Waals surface area (Å²) in [6, 6.07) is 0.430. The molecule has 0 spiro atoms. The molecule has 0 saturated carbocycles. The van der Waals surface area contributed by atoms with Gasteiger partial charge in [-0.15, -0.1) is 0 Å².